The molecule has 0 aliphatic carbocycles. The van der Waals surface area contributed by atoms with Crippen LogP contribution in [-0.2, 0) is 9.53 Å². The van der Waals surface area contributed by atoms with Gasteiger partial charge in [0, 0.05) is 6.07 Å². The predicted octanol–water partition coefficient (Wildman–Crippen LogP) is 3.84. The Hall–Kier alpha value is -3.00. The lowest BCUT2D eigenvalue weighted by Crippen LogP contribution is -2.22. The Kier molecular flexibility index (Phi) is 7.35. The van der Waals surface area contributed by atoms with Crippen molar-refractivity contribution in [3.8, 4) is 17.2 Å². The van der Waals surface area contributed by atoms with Gasteiger partial charge in [0.2, 0.25) is 0 Å². The van der Waals surface area contributed by atoms with Gasteiger partial charge < -0.3 is 14.2 Å². The van der Waals surface area contributed by atoms with E-state index < -0.39 is 0 Å². The molecule has 0 aliphatic rings. The van der Waals surface area contributed by atoms with Crippen LogP contribution < -0.4 is 15.0 Å². The van der Waals surface area contributed by atoms with Gasteiger partial charge in [-0.25, -0.2) is 4.98 Å². The van der Waals surface area contributed by atoms with Crippen LogP contribution in [0.3, 0.4) is 0 Å². The van der Waals surface area contributed by atoms with Crippen molar-refractivity contribution < 1.29 is 19.0 Å². The van der Waals surface area contributed by atoms with Crippen LogP contribution >= 0.6 is 11.8 Å². The Balaban J connectivity index is 2.03. The largest absolute Gasteiger partial charge is 0.493 e. The van der Waals surface area contributed by atoms with E-state index >= 15 is 0 Å². The molecule has 158 valence electrons. The summed E-state index contributed by atoms with van der Waals surface area (Å²) in [6, 6.07) is 12.3. The molecule has 2 aromatic carbocycles. The molecule has 1 aromatic heterocycles. The fourth-order valence-electron chi connectivity index (χ4n) is 2.90. The van der Waals surface area contributed by atoms with Crippen LogP contribution in [0.1, 0.15) is 19.8 Å². The number of hydrogen-bond acceptors (Lipinski definition) is 7. The molecule has 0 bridgehead atoms. The molecule has 3 rings (SSSR count). The zero-order valence-electron chi connectivity index (χ0n) is 17.2. The number of esters is 1. The van der Waals surface area contributed by atoms with Crippen molar-refractivity contribution in [1.82, 2.24) is 9.55 Å². The fourth-order valence-corrected chi connectivity index (χ4v) is 3.71. The monoisotopic (exact) mass is 428 g/mol. The van der Waals surface area contributed by atoms with Gasteiger partial charge in [-0.05, 0) is 30.7 Å². The van der Waals surface area contributed by atoms with Crippen molar-refractivity contribution in [3.05, 3.63) is 52.8 Å². The van der Waals surface area contributed by atoms with E-state index in [-0.39, 0.29) is 17.3 Å². The highest BCUT2D eigenvalue weighted by Crippen LogP contribution is 2.30. The number of carbonyl (C=O) groups is 1. The molecule has 8 heteroatoms. The molecule has 0 aliphatic heterocycles. The Morgan fingerprint density at radius 3 is 2.60 bits per heavy atom. The number of para-hydroxylation sites is 1. The van der Waals surface area contributed by atoms with Crippen LogP contribution in [0.25, 0.3) is 16.6 Å². The summed E-state index contributed by atoms with van der Waals surface area (Å²) < 4.78 is 17.4. The van der Waals surface area contributed by atoms with E-state index in [4.69, 9.17) is 14.2 Å². The Morgan fingerprint density at radius 1 is 1.10 bits per heavy atom. The van der Waals surface area contributed by atoms with Gasteiger partial charge in [-0.15, -0.1) is 0 Å². The first kappa shape index (κ1) is 21.7. The third-order valence-corrected chi connectivity index (χ3v) is 5.36. The quantitative estimate of drug-likeness (QED) is 0.222. The van der Waals surface area contributed by atoms with E-state index in [0.29, 0.717) is 39.9 Å². The molecule has 0 unspecified atom stereocenters. The van der Waals surface area contributed by atoms with Gasteiger partial charge in [0.15, 0.2) is 16.7 Å². The summed E-state index contributed by atoms with van der Waals surface area (Å²) in [6.45, 7) is 2.42. The predicted molar refractivity (Wildman–Crippen MR) is 117 cm³/mol. The first-order valence-corrected chi connectivity index (χ1v) is 10.6. The van der Waals surface area contributed by atoms with E-state index in [1.54, 1.807) is 43.5 Å². The van der Waals surface area contributed by atoms with Gasteiger partial charge in [-0.2, -0.15) is 0 Å². The smallest absolute Gasteiger partial charge is 0.316 e. The van der Waals surface area contributed by atoms with E-state index in [1.807, 2.05) is 13.0 Å². The second kappa shape index (κ2) is 10.2. The molecule has 0 saturated heterocycles. The number of aromatic nitrogens is 2. The second-order valence-electron chi connectivity index (χ2n) is 6.45. The van der Waals surface area contributed by atoms with Crippen LogP contribution in [0.15, 0.2) is 52.4 Å². The van der Waals surface area contributed by atoms with Crippen molar-refractivity contribution in [2.45, 2.75) is 24.9 Å². The van der Waals surface area contributed by atoms with Gasteiger partial charge in [-0.3, -0.25) is 14.2 Å². The van der Waals surface area contributed by atoms with Crippen LogP contribution in [0.4, 0.5) is 0 Å². The maximum atomic E-state index is 13.3. The van der Waals surface area contributed by atoms with Crippen molar-refractivity contribution >= 4 is 28.6 Å². The molecular formula is C22H24N2O5S. The van der Waals surface area contributed by atoms with Crippen LogP contribution in [0.2, 0.25) is 0 Å². The number of ether oxygens (including phenoxy) is 3. The van der Waals surface area contributed by atoms with Gasteiger partial charge in [-0.1, -0.05) is 37.2 Å². The third kappa shape index (κ3) is 4.76. The van der Waals surface area contributed by atoms with Gasteiger partial charge in [0.25, 0.3) is 5.56 Å². The standard InChI is InChI=1S/C22H24N2O5S/c1-4-5-12-29-20(25)14-30-22-23-17-9-7-6-8-16(17)21(26)24(22)15-10-11-18(27-2)19(13-15)28-3/h6-11,13H,4-5,12,14H2,1-3H3. The molecule has 0 amide bonds. The van der Waals surface area contributed by atoms with E-state index in [0.717, 1.165) is 12.8 Å². The van der Waals surface area contributed by atoms with E-state index in [2.05, 4.69) is 4.98 Å². The summed E-state index contributed by atoms with van der Waals surface area (Å²) in [4.78, 5) is 30.0. The number of thioether (sulfide) groups is 1. The first-order valence-electron chi connectivity index (χ1n) is 9.61. The summed E-state index contributed by atoms with van der Waals surface area (Å²) in [5.41, 5.74) is 0.911. The Morgan fingerprint density at radius 2 is 1.87 bits per heavy atom. The highest BCUT2D eigenvalue weighted by Gasteiger charge is 2.17. The maximum Gasteiger partial charge on any atom is 0.316 e. The molecule has 0 saturated carbocycles. The van der Waals surface area contributed by atoms with Crippen LogP contribution in [0, 0.1) is 0 Å². The summed E-state index contributed by atoms with van der Waals surface area (Å²) in [6.07, 6.45) is 1.77. The molecule has 0 fully saturated rings. The number of fused-ring (bicyclic) bond motifs is 1. The van der Waals surface area contributed by atoms with Crippen molar-refractivity contribution in [2.24, 2.45) is 0 Å². The lowest BCUT2D eigenvalue weighted by molar-refractivity contribution is -0.140. The number of nitrogens with zero attached hydrogens (tertiary/aromatic N) is 2. The summed E-state index contributed by atoms with van der Waals surface area (Å²) in [5.74, 6) is 0.762. The molecule has 0 atom stereocenters. The second-order valence-corrected chi connectivity index (χ2v) is 7.40. The lowest BCUT2D eigenvalue weighted by Gasteiger charge is -2.15. The normalized spacial score (nSPS) is 10.8. The molecule has 7 nitrogen and oxygen atoms in total. The van der Waals surface area contributed by atoms with Crippen LogP contribution in [-0.4, -0.2) is 42.1 Å². The fraction of sp³-hybridized carbons (Fsp3) is 0.318. The van der Waals surface area contributed by atoms with E-state index in [9.17, 15) is 9.59 Å². The summed E-state index contributed by atoms with van der Waals surface area (Å²) in [5, 5.41) is 0.889. The van der Waals surface area contributed by atoms with Gasteiger partial charge in [0.05, 0.1) is 43.2 Å². The minimum Gasteiger partial charge on any atom is -0.493 e. The molecule has 3 aromatic rings. The Labute approximate surface area is 179 Å². The van der Waals surface area contributed by atoms with E-state index in [1.165, 1.54) is 23.4 Å². The SMILES string of the molecule is CCCCOC(=O)CSc1nc2ccccc2c(=O)n1-c1ccc(OC)c(OC)c1. The van der Waals surface area contributed by atoms with Crippen molar-refractivity contribution in [3.63, 3.8) is 0 Å². The number of methoxy groups -OCH3 is 2. The van der Waals surface area contributed by atoms with Crippen molar-refractivity contribution in [2.75, 3.05) is 26.6 Å². The van der Waals surface area contributed by atoms with Crippen molar-refractivity contribution in [1.29, 1.82) is 0 Å². The maximum absolute atomic E-state index is 13.3. The minimum absolute atomic E-state index is 0.0573. The highest BCUT2D eigenvalue weighted by molar-refractivity contribution is 7.99. The molecule has 0 N–H and O–H groups in total. The average molecular weight is 429 g/mol. The molecule has 1 heterocycles. The first-order chi connectivity index (χ1) is 14.6. The topological polar surface area (TPSA) is 79.7 Å². The zero-order chi connectivity index (χ0) is 21.5. The highest BCUT2D eigenvalue weighted by atomic mass is 32.2. The zero-order valence-corrected chi connectivity index (χ0v) is 18.0. The molecular weight excluding hydrogens is 404 g/mol. The number of hydrogen-bond donors (Lipinski definition) is 0. The van der Waals surface area contributed by atoms with Gasteiger partial charge in [0.1, 0.15) is 0 Å². The minimum atomic E-state index is -0.338. The number of carbonyl (C=O) groups excluding carboxylic acids is 1. The summed E-state index contributed by atoms with van der Waals surface area (Å²) in [7, 11) is 3.08. The third-order valence-electron chi connectivity index (χ3n) is 4.45. The van der Waals surface area contributed by atoms with Crippen LogP contribution in [0.5, 0.6) is 11.5 Å². The number of benzene rings is 2. The van der Waals surface area contributed by atoms with Gasteiger partial charge >= 0.3 is 5.97 Å². The number of rotatable bonds is 9. The summed E-state index contributed by atoms with van der Waals surface area (Å²) >= 11 is 1.17. The number of unbranched alkanes of at least 4 members (excludes halogenated alkanes) is 1. The average Bonchev–Trinajstić information content (AvgIpc) is 2.77. The molecule has 0 radical (unpaired) electrons. The molecule has 30 heavy (non-hydrogen) atoms. The lowest BCUT2D eigenvalue weighted by atomic mass is 10.2. The molecule has 0 spiro atoms. The Bertz CT molecular complexity index is 1100.